The van der Waals surface area contributed by atoms with Gasteiger partial charge in [0.1, 0.15) is 5.76 Å². The number of benzene rings is 1. The van der Waals surface area contributed by atoms with Crippen molar-refractivity contribution in [1.29, 1.82) is 0 Å². The summed E-state index contributed by atoms with van der Waals surface area (Å²) in [6, 6.07) is 11.6. The number of amides is 1. The first kappa shape index (κ1) is 16.5. The molecule has 0 unspecified atom stereocenters. The average Bonchev–Trinajstić information content (AvgIpc) is 3.16. The van der Waals surface area contributed by atoms with E-state index in [-0.39, 0.29) is 18.5 Å². The van der Waals surface area contributed by atoms with Crippen molar-refractivity contribution >= 4 is 17.3 Å². The van der Waals surface area contributed by atoms with E-state index in [1.807, 2.05) is 43.3 Å². The highest BCUT2D eigenvalue weighted by Gasteiger charge is 2.12. The number of hydrogen-bond donors (Lipinski definition) is 2. The minimum absolute atomic E-state index is 0.00514. The lowest BCUT2D eigenvalue weighted by molar-refractivity contribution is -0.115. The minimum Gasteiger partial charge on any atom is -0.468 e. The maximum absolute atomic E-state index is 12.0. The van der Waals surface area contributed by atoms with Crippen molar-refractivity contribution in [1.82, 2.24) is 5.32 Å². The van der Waals surface area contributed by atoms with Crippen LogP contribution in [0, 0.1) is 0 Å². The number of furan rings is 1. The van der Waals surface area contributed by atoms with E-state index in [0.29, 0.717) is 0 Å². The van der Waals surface area contributed by atoms with Crippen LogP contribution in [0.1, 0.15) is 18.7 Å². The number of hydrogen-bond acceptors (Lipinski definition) is 5. The standard InChI is InChI=1S/C18H23N3O3/c1-14(17-3-2-10-24-17)19-13-18(22)20-15-4-6-16(7-5-15)21-8-11-23-12-9-21/h2-7,10,14,19H,8-9,11-13H2,1H3,(H,20,22)/t14-/m1/s1. The summed E-state index contributed by atoms with van der Waals surface area (Å²) in [5.41, 5.74) is 1.95. The fourth-order valence-electron chi connectivity index (χ4n) is 2.67. The summed E-state index contributed by atoms with van der Waals surface area (Å²) >= 11 is 0. The first-order valence-corrected chi connectivity index (χ1v) is 8.22. The number of nitrogens with one attached hydrogen (secondary N) is 2. The lowest BCUT2D eigenvalue weighted by Crippen LogP contribution is -2.36. The molecule has 24 heavy (non-hydrogen) atoms. The Labute approximate surface area is 141 Å². The van der Waals surface area contributed by atoms with Crippen LogP contribution in [0.25, 0.3) is 0 Å². The number of morpholine rings is 1. The van der Waals surface area contributed by atoms with Crippen molar-refractivity contribution in [2.24, 2.45) is 0 Å². The topological polar surface area (TPSA) is 66.7 Å². The van der Waals surface area contributed by atoms with Gasteiger partial charge in [-0.2, -0.15) is 0 Å². The van der Waals surface area contributed by atoms with Crippen LogP contribution >= 0.6 is 0 Å². The van der Waals surface area contributed by atoms with Gasteiger partial charge in [0.2, 0.25) is 5.91 Å². The van der Waals surface area contributed by atoms with Gasteiger partial charge in [-0.1, -0.05) is 0 Å². The third-order valence-electron chi connectivity index (χ3n) is 4.07. The van der Waals surface area contributed by atoms with Crippen molar-refractivity contribution in [2.45, 2.75) is 13.0 Å². The molecule has 3 rings (SSSR count). The molecule has 1 aliphatic rings. The summed E-state index contributed by atoms with van der Waals surface area (Å²) in [7, 11) is 0. The van der Waals surface area contributed by atoms with E-state index in [4.69, 9.17) is 9.15 Å². The number of ether oxygens (including phenoxy) is 1. The molecule has 1 atom stereocenters. The van der Waals surface area contributed by atoms with E-state index >= 15 is 0 Å². The van der Waals surface area contributed by atoms with Crippen molar-refractivity contribution in [3.63, 3.8) is 0 Å². The lowest BCUT2D eigenvalue weighted by Gasteiger charge is -2.28. The number of carbonyl (C=O) groups excluding carboxylic acids is 1. The van der Waals surface area contributed by atoms with Gasteiger partial charge in [-0.3, -0.25) is 10.1 Å². The Morgan fingerprint density at radius 2 is 1.96 bits per heavy atom. The molecule has 1 fully saturated rings. The molecule has 1 aliphatic heterocycles. The third kappa shape index (κ3) is 4.37. The summed E-state index contributed by atoms with van der Waals surface area (Å²) in [5, 5.41) is 6.04. The van der Waals surface area contributed by atoms with Gasteiger partial charge in [0, 0.05) is 24.5 Å². The van der Waals surface area contributed by atoms with Gasteiger partial charge in [0.05, 0.1) is 32.1 Å². The number of anilines is 2. The Hall–Kier alpha value is -2.31. The summed E-state index contributed by atoms with van der Waals surface area (Å²) in [6.07, 6.45) is 1.63. The van der Waals surface area contributed by atoms with E-state index in [9.17, 15) is 4.79 Å². The van der Waals surface area contributed by atoms with Crippen molar-refractivity contribution < 1.29 is 13.9 Å². The first-order chi connectivity index (χ1) is 11.7. The highest BCUT2D eigenvalue weighted by molar-refractivity contribution is 5.92. The Morgan fingerprint density at radius 1 is 1.21 bits per heavy atom. The minimum atomic E-state index is -0.0764. The zero-order valence-corrected chi connectivity index (χ0v) is 13.8. The van der Waals surface area contributed by atoms with Gasteiger partial charge in [0.25, 0.3) is 0 Å². The van der Waals surface area contributed by atoms with Crippen LogP contribution in [-0.2, 0) is 9.53 Å². The van der Waals surface area contributed by atoms with Crippen LogP contribution in [-0.4, -0.2) is 38.8 Å². The van der Waals surface area contributed by atoms with E-state index in [2.05, 4.69) is 15.5 Å². The molecule has 6 nitrogen and oxygen atoms in total. The largest absolute Gasteiger partial charge is 0.468 e. The van der Waals surface area contributed by atoms with Crippen molar-refractivity contribution in [2.75, 3.05) is 43.1 Å². The molecule has 1 amide bonds. The van der Waals surface area contributed by atoms with E-state index in [1.54, 1.807) is 6.26 Å². The summed E-state index contributed by atoms with van der Waals surface area (Å²) in [5.74, 6) is 0.741. The second-order valence-electron chi connectivity index (χ2n) is 5.81. The first-order valence-electron chi connectivity index (χ1n) is 8.22. The van der Waals surface area contributed by atoms with Crippen LogP contribution in [0.15, 0.2) is 47.1 Å². The van der Waals surface area contributed by atoms with Crippen LogP contribution in [0.2, 0.25) is 0 Å². The molecule has 0 bridgehead atoms. The zero-order valence-electron chi connectivity index (χ0n) is 13.8. The molecule has 0 saturated carbocycles. The molecule has 0 radical (unpaired) electrons. The maximum atomic E-state index is 12.0. The smallest absolute Gasteiger partial charge is 0.238 e. The van der Waals surface area contributed by atoms with E-state index in [1.165, 1.54) is 0 Å². The number of nitrogens with zero attached hydrogens (tertiary/aromatic N) is 1. The zero-order chi connectivity index (χ0) is 16.8. The fraction of sp³-hybridized carbons (Fsp3) is 0.389. The van der Waals surface area contributed by atoms with E-state index in [0.717, 1.165) is 43.4 Å². The van der Waals surface area contributed by atoms with Crippen molar-refractivity contribution in [3.8, 4) is 0 Å². The second kappa shape index (κ2) is 7.99. The number of rotatable bonds is 6. The molecule has 6 heteroatoms. The molecule has 128 valence electrons. The van der Waals surface area contributed by atoms with Gasteiger partial charge >= 0.3 is 0 Å². The van der Waals surface area contributed by atoms with E-state index < -0.39 is 0 Å². The van der Waals surface area contributed by atoms with Gasteiger partial charge in [-0.15, -0.1) is 0 Å². The highest BCUT2D eigenvalue weighted by atomic mass is 16.5. The number of carbonyl (C=O) groups is 1. The molecular formula is C18H23N3O3. The predicted molar refractivity (Wildman–Crippen MR) is 93.2 cm³/mol. The SMILES string of the molecule is C[C@@H](NCC(=O)Nc1ccc(N2CCOCC2)cc1)c1ccco1. The fourth-order valence-corrected chi connectivity index (χ4v) is 2.67. The van der Waals surface area contributed by atoms with Crippen LogP contribution in [0.3, 0.4) is 0 Å². The van der Waals surface area contributed by atoms with Crippen LogP contribution in [0.4, 0.5) is 11.4 Å². The average molecular weight is 329 g/mol. The Kier molecular flexibility index (Phi) is 5.51. The van der Waals surface area contributed by atoms with Crippen LogP contribution in [0.5, 0.6) is 0 Å². The van der Waals surface area contributed by atoms with Gasteiger partial charge < -0.3 is 19.4 Å². The monoisotopic (exact) mass is 329 g/mol. The second-order valence-corrected chi connectivity index (χ2v) is 5.81. The summed E-state index contributed by atoms with van der Waals surface area (Å²) in [4.78, 5) is 14.3. The molecule has 1 aromatic heterocycles. The Bertz CT molecular complexity index is 634. The summed E-state index contributed by atoms with van der Waals surface area (Å²) < 4.78 is 10.7. The molecular weight excluding hydrogens is 306 g/mol. The lowest BCUT2D eigenvalue weighted by atomic mass is 10.2. The van der Waals surface area contributed by atoms with Gasteiger partial charge in [0.15, 0.2) is 0 Å². The van der Waals surface area contributed by atoms with Gasteiger partial charge in [-0.05, 0) is 43.3 Å². The predicted octanol–water partition coefficient (Wildman–Crippen LogP) is 2.41. The molecule has 1 saturated heterocycles. The molecule has 2 heterocycles. The molecule has 0 aliphatic carbocycles. The van der Waals surface area contributed by atoms with Gasteiger partial charge in [-0.25, -0.2) is 0 Å². The van der Waals surface area contributed by atoms with Crippen LogP contribution < -0.4 is 15.5 Å². The molecule has 2 N–H and O–H groups in total. The maximum Gasteiger partial charge on any atom is 0.238 e. The van der Waals surface area contributed by atoms with Crippen molar-refractivity contribution in [3.05, 3.63) is 48.4 Å². The Balaban J connectivity index is 1.47. The Morgan fingerprint density at radius 3 is 2.62 bits per heavy atom. The molecule has 0 spiro atoms. The normalized spacial score (nSPS) is 16.0. The third-order valence-corrected chi connectivity index (χ3v) is 4.07. The molecule has 1 aromatic carbocycles. The highest BCUT2D eigenvalue weighted by Crippen LogP contribution is 2.19. The summed E-state index contributed by atoms with van der Waals surface area (Å²) in [6.45, 7) is 5.52. The molecule has 2 aromatic rings. The quantitative estimate of drug-likeness (QED) is 0.852.